The third kappa shape index (κ3) is 14.0. The van der Waals surface area contributed by atoms with Crippen molar-refractivity contribution < 1.29 is 0 Å². The van der Waals surface area contributed by atoms with Crippen molar-refractivity contribution in [2.24, 2.45) is 5.92 Å². The first kappa shape index (κ1) is 17.1. The molecule has 0 aliphatic carbocycles. The second-order valence-electron chi connectivity index (χ2n) is 5.65. The maximum atomic E-state index is 5.47. The molecule has 0 N–H and O–H groups in total. The lowest BCUT2D eigenvalue weighted by atomic mass is 9.97. The molecule has 0 aliphatic rings. The average molecular weight is 236 g/mol. The normalized spacial score (nSPS) is 12.8. The van der Waals surface area contributed by atoms with Crippen LogP contribution >= 0.6 is 0 Å². The van der Waals surface area contributed by atoms with Gasteiger partial charge in [0.15, 0.2) is 0 Å². The summed E-state index contributed by atoms with van der Waals surface area (Å²) in [6, 6.07) is 0. The quantitative estimate of drug-likeness (QED) is 0.275. The van der Waals surface area contributed by atoms with Crippen molar-refractivity contribution in [1.29, 1.82) is 0 Å². The summed E-state index contributed by atoms with van der Waals surface area (Å²) in [5, 5.41) is 0. The molecule has 0 aromatic carbocycles. The van der Waals surface area contributed by atoms with E-state index in [1.165, 1.54) is 77.0 Å². The Bertz CT molecular complexity index is 133. The molecule has 0 spiro atoms. The molecule has 0 nitrogen and oxygen atoms in total. The van der Waals surface area contributed by atoms with Gasteiger partial charge in [-0.15, -0.1) is 0 Å². The smallest absolute Gasteiger partial charge is 0.0653 e. The lowest BCUT2D eigenvalue weighted by molar-refractivity contribution is 0.450. The fourth-order valence-electron chi connectivity index (χ4n) is 2.51. The molecule has 0 heterocycles. The van der Waals surface area contributed by atoms with Gasteiger partial charge in [-0.2, -0.15) is 0 Å². The molecule has 0 saturated heterocycles. The van der Waals surface area contributed by atoms with E-state index < -0.39 is 0 Å². The Balaban J connectivity index is 2.98. The van der Waals surface area contributed by atoms with E-state index in [1.54, 1.807) is 0 Å². The Kier molecular flexibility index (Phi) is 14.2. The van der Waals surface area contributed by atoms with Crippen molar-refractivity contribution in [1.82, 2.24) is 0 Å². The van der Waals surface area contributed by atoms with Gasteiger partial charge in [0.2, 0.25) is 0 Å². The minimum absolute atomic E-state index is 0.871. The van der Waals surface area contributed by atoms with Crippen LogP contribution in [0, 0.1) is 5.92 Å². The molecule has 0 aromatic heterocycles. The Morgan fingerprint density at radius 1 is 0.706 bits per heavy atom. The zero-order valence-electron chi connectivity index (χ0n) is 12.3. The molecule has 100 valence electrons. The SMILES string of the molecule is [B]CCCCCCCCCCCC(C)CCC. The second kappa shape index (κ2) is 14.1. The molecule has 0 aliphatic heterocycles. The first-order chi connectivity index (χ1) is 8.31. The second-order valence-corrected chi connectivity index (χ2v) is 5.65. The highest BCUT2D eigenvalue weighted by Gasteiger charge is 1.99. The van der Waals surface area contributed by atoms with Gasteiger partial charge in [-0.3, -0.25) is 0 Å². The van der Waals surface area contributed by atoms with Crippen molar-refractivity contribution >= 4 is 7.85 Å². The third-order valence-electron chi connectivity index (χ3n) is 3.68. The van der Waals surface area contributed by atoms with E-state index in [-0.39, 0.29) is 0 Å². The highest BCUT2D eigenvalue weighted by molar-refractivity contribution is 6.08. The van der Waals surface area contributed by atoms with Crippen LogP contribution in [0.15, 0.2) is 0 Å². The monoisotopic (exact) mass is 236 g/mol. The summed E-state index contributed by atoms with van der Waals surface area (Å²) in [6.07, 6.45) is 17.7. The third-order valence-corrected chi connectivity index (χ3v) is 3.68. The average Bonchev–Trinajstić information content (AvgIpc) is 2.32. The topological polar surface area (TPSA) is 0 Å². The molecule has 1 unspecified atom stereocenters. The summed E-state index contributed by atoms with van der Waals surface area (Å²) in [6.45, 7) is 4.70. The fourth-order valence-corrected chi connectivity index (χ4v) is 2.51. The van der Waals surface area contributed by atoms with Crippen molar-refractivity contribution in [3.8, 4) is 0 Å². The fraction of sp³-hybridized carbons (Fsp3) is 1.00. The first-order valence-corrected chi connectivity index (χ1v) is 8.01. The highest BCUT2D eigenvalue weighted by Crippen LogP contribution is 2.16. The molecule has 0 saturated carbocycles. The molecule has 0 fully saturated rings. The van der Waals surface area contributed by atoms with Gasteiger partial charge >= 0.3 is 0 Å². The van der Waals surface area contributed by atoms with Gasteiger partial charge in [-0.25, -0.2) is 0 Å². The van der Waals surface area contributed by atoms with Crippen LogP contribution in [0.5, 0.6) is 0 Å². The summed E-state index contributed by atoms with van der Waals surface area (Å²) in [5.74, 6) is 0.955. The van der Waals surface area contributed by atoms with E-state index >= 15 is 0 Å². The summed E-state index contributed by atoms with van der Waals surface area (Å²) in [4.78, 5) is 0. The minimum atomic E-state index is 0.871. The number of unbranched alkanes of at least 4 members (excludes halogenated alkanes) is 8. The van der Waals surface area contributed by atoms with Gasteiger partial charge in [-0.1, -0.05) is 97.2 Å². The Morgan fingerprint density at radius 3 is 1.65 bits per heavy atom. The van der Waals surface area contributed by atoms with Gasteiger partial charge in [0.1, 0.15) is 0 Å². The molecule has 0 amide bonds. The molecule has 2 radical (unpaired) electrons. The Morgan fingerprint density at radius 2 is 1.18 bits per heavy atom. The van der Waals surface area contributed by atoms with Crippen LogP contribution in [-0.2, 0) is 0 Å². The summed E-state index contributed by atoms with van der Waals surface area (Å²) in [7, 11) is 5.47. The predicted molar refractivity (Wildman–Crippen MR) is 80.8 cm³/mol. The van der Waals surface area contributed by atoms with E-state index in [0.29, 0.717) is 0 Å². The van der Waals surface area contributed by atoms with Gasteiger partial charge in [0.25, 0.3) is 0 Å². The van der Waals surface area contributed by atoms with Crippen molar-refractivity contribution in [3.63, 3.8) is 0 Å². The lowest BCUT2D eigenvalue weighted by Gasteiger charge is -2.09. The number of rotatable bonds is 13. The zero-order valence-corrected chi connectivity index (χ0v) is 12.3. The van der Waals surface area contributed by atoms with Crippen LogP contribution in [0.1, 0.15) is 90.9 Å². The van der Waals surface area contributed by atoms with Crippen LogP contribution in [0.25, 0.3) is 0 Å². The first-order valence-electron chi connectivity index (χ1n) is 8.01. The van der Waals surface area contributed by atoms with E-state index in [9.17, 15) is 0 Å². The summed E-state index contributed by atoms with van der Waals surface area (Å²) < 4.78 is 0. The Labute approximate surface area is 111 Å². The standard InChI is InChI=1S/C16H33B/c1-3-13-16(2)14-11-9-7-5-4-6-8-10-12-15-17/h16H,3-15H2,1-2H3. The molecule has 0 rings (SSSR count). The molecule has 17 heavy (non-hydrogen) atoms. The van der Waals surface area contributed by atoms with Crippen molar-refractivity contribution in [2.75, 3.05) is 0 Å². The molecule has 1 heteroatoms. The van der Waals surface area contributed by atoms with E-state index in [4.69, 9.17) is 7.85 Å². The summed E-state index contributed by atoms with van der Waals surface area (Å²) in [5.41, 5.74) is 0. The molecule has 0 aromatic rings. The molecular weight excluding hydrogens is 203 g/mol. The van der Waals surface area contributed by atoms with Gasteiger partial charge in [0.05, 0.1) is 7.85 Å². The van der Waals surface area contributed by atoms with E-state index in [2.05, 4.69) is 13.8 Å². The van der Waals surface area contributed by atoms with Crippen LogP contribution in [-0.4, -0.2) is 7.85 Å². The van der Waals surface area contributed by atoms with E-state index in [0.717, 1.165) is 12.2 Å². The van der Waals surface area contributed by atoms with Crippen molar-refractivity contribution in [2.45, 2.75) is 97.2 Å². The van der Waals surface area contributed by atoms with Crippen LogP contribution < -0.4 is 0 Å². The van der Waals surface area contributed by atoms with E-state index in [1.807, 2.05) is 0 Å². The van der Waals surface area contributed by atoms with Gasteiger partial charge in [-0.05, 0) is 5.92 Å². The Hall–Kier alpha value is 0.0649. The van der Waals surface area contributed by atoms with Crippen LogP contribution in [0.4, 0.5) is 0 Å². The summed E-state index contributed by atoms with van der Waals surface area (Å²) >= 11 is 0. The number of hydrogen-bond donors (Lipinski definition) is 0. The maximum absolute atomic E-state index is 5.47. The highest BCUT2D eigenvalue weighted by atomic mass is 14.1. The lowest BCUT2D eigenvalue weighted by Crippen LogP contribution is -1.93. The van der Waals surface area contributed by atoms with Crippen molar-refractivity contribution in [3.05, 3.63) is 0 Å². The maximum Gasteiger partial charge on any atom is 0.0653 e. The molecule has 1 atom stereocenters. The molecular formula is C16H33B. The predicted octanol–water partition coefficient (Wildman–Crippen LogP) is 5.91. The van der Waals surface area contributed by atoms with Gasteiger partial charge < -0.3 is 0 Å². The van der Waals surface area contributed by atoms with Gasteiger partial charge in [0, 0.05) is 0 Å². The minimum Gasteiger partial charge on any atom is -0.0887 e. The van der Waals surface area contributed by atoms with Crippen LogP contribution in [0.2, 0.25) is 6.32 Å². The number of hydrogen-bond acceptors (Lipinski definition) is 0. The largest absolute Gasteiger partial charge is 0.0887 e. The van der Waals surface area contributed by atoms with Crippen LogP contribution in [0.3, 0.4) is 0 Å². The molecule has 0 bridgehead atoms. The zero-order chi connectivity index (χ0) is 12.8.